The fraction of sp³-hybridized carbons (Fsp3) is 0.533. The van der Waals surface area contributed by atoms with Crippen LogP contribution in [-0.4, -0.2) is 46.2 Å². The molecule has 0 aliphatic carbocycles. The molecular formula is C15H20BrN3O3. The lowest BCUT2D eigenvalue weighted by molar-refractivity contribution is -0.133. The Hall–Kier alpha value is -1.63. The number of hydrogen-bond donors (Lipinski definition) is 1. The van der Waals surface area contributed by atoms with Crippen LogP contribution in [0.25, 0.3) is 0 Å². The first-order valence-corrected chi connectivity index (χ1v) is 8.48. The molecule has 0 saturated carbocycles. The van der Waals surface area contributed by atoms with E-state index in [-0.39, 0.29) is 17.7 Å². The number of hydrogen-bond acceptors (Lipinski definition) is 4. The monoisotopic (exact) mass is 369 g/mol. The van der Waals surface area contributed by atoms with Crippen molar-refractivity contribution in [1.29, 1.82) is 0 Å². The number of carbonyl (C=O) groups is 2. The Bertz CT molecular complexity index is 539. The molecule has 1 atom stereocenters. The van der Waals surface area contributed by atoms with Gasteiger partial charge in [-0.3, -0.25) is 14.6 Å². The molecule has 1 aromatic heterocycles. The van der Waals surface area contributed by atoms with Gasteiger partial charge in [0.2, 0.25) is 5.91 Å². The summed E-state index contributed by atoms with van der Waals surface area (Å²) in [5.74, 6) is 0.143. The molecule has 120 valence electrons. The molecule has 0 radical (unpaired) electrons. The third-order valence-corrected chi connectivity index (χ3v) is 4.10. The van der Waals surface area contributed by atoms with E-state index in [0.29, 0.717) is 18.7 Å². The highest BCUT2D eigenvalue weighted by molar-refractivity contribution is 9.09. The molecule has 1 saturated heterocycles. The minimum Gasteiger partial charge on any atom is -0.488 e. The number of likely N-dealkylation sites (tertiary alicyclic amines) is 1. The van der Waals surface area contributed by atoms with Crippen LogP contribution in [0.5, 0.6) is 5.75 Å². The molecule has 2 heterocycles. The van der Waals surface area contributed by atoms with Crippen molar-refractivity contribution in [2.24, 2.45) is 5.73 Å². The van der Waals surface area contributed by atoms with Crippen LogP contribution in [0.4, 0.5) is 0 Å². The van der Waals surface area contributed by atoms with Crippen molar-refractivity contribution in [3.8, 4) is 5.75 Å². The van der Waals surface area contributed by atoms with Crippen molar-refractivity contribution in [3.05, 3.63) is 24.0 Å². The summed E-state index contributed by atoms with van der Waals surface area (Å²) in [5.41, 5.74) is 5.39. The largest absolute Gasteiger partial charge is 0.488 e. The van der Waals surface area contributed by atoms with E-state index in [1.54, 1.807) is 6.07 Å². The first kappa shape index (κ1) is 16.7. The number of alkyl halides is 1. The number of primary amides is 1. The second kappa shape index (κ2) is 8.12. The van der Waals surface area contributed by atoms with Gasteiger partial charge in [0, 0.05) is 30.6 Å². The first-order chi connectivity index (χ1) is 10.6. The number of nitrogens with zero attached hydrogens (tertiary/aromatic N) is 2. The van der Waals surface area contributed by atoms with Crippen LogP contribution in [-0.2, 0) is 4.79 Å². The molecule has 22 heavy (non-hydrogen) atoms. The van der Waals surface area contributed by atoms with Crippen molar-refractivity contribution in [1.82, 2.24) is 9.88 Å². The van der Waals surface area contributed by atoms with Crippen molar-refractivity contribution in [2.75, 3.05) is 18.4 Å². The second-order valence-corrected chi connectivity index (χ2v) is 6.05. The van der Waals surface area contributed by atoms with Crippen LogP contribution in [0.3, 0.4) is 0 Å². The summed E-state index contributed by atoms with van der Waals surface area (Å²) in [6.45, 7) is 1.36. The standard InChI is InChI=1S/C15H20BrN3O3/c16-6-1-4-14(20)19-8-2-3-12(10-19)22-11-5-7-18-13(9-11)15(17)21/h5,7,9,12H,1-4,6,8,10H2,(H2,17,21). The molecule has 0 bridgehead atoms. The predicted octanol–water partition coefficient (Wildman–Crippen LogP) is 1.73. The van der Waals surface area contributed by atoms with Crippen LogP contribution < -0.4 is 10.5 Å². The summed E-state index contributed by atoms with van der Waals surface area (Å²) in [7, 11) is 0. The predicted molar refractivity (Wildman–Crippen MR) is 86.0 cm³/mol. The molecule has 1 aromatic rings. The van der Waals surface area contributed by atoms with Crippen molar-refractivity contribution < 1.29 is 14.3 Å². The van der Waals surface area contributed by atoms with Gasteiger partial charge in [0.25, 0.3) is 5.91 Å². The van der Waals surface area contributed by atoms with E-state index in [0.717, 1.165) is 31.1 Å². The Morgan fingerprint density at radius 2 is 2.32 bits per heavy atom. The highest BCUT2D eigenvalue weighted by Gasteiger charge is 2.24. The number of piperidine rings is 1. The first-order valence-electron chi connectivity index (χ1n) is 7.36. The van der Waals surface area contributed by atoms with Crippen molar-refractivity contribution in [3.63, 3.8) is 0 Å². The van der Waals surface area contributed by atoms with Gasteiger partial charge in [-0.2, -0.15) is 0 Å². The molecule has 1 aliphatic heterocycles. The van der Waals surface area contributed by atoms with E-state index < -0.39 is 5.91 Å². The molecular weight excluding hydrogens is 350 g/mol. The number of carbonyl (C=O) groups excluding carboxylic acids is 2. The summed E-state index contributed by atoms with van der Waals surface area (Å²) in [6.07, 6.45) is 4.63. The molecule has 1 aliphatic rings. The Kier molecular flexibility index (Phi) is 6.18. The number of pyridine rings is 1. The van der Waals surface area contributed by atoms with Gasteiger partial charge in [0.15, 0.2) is 0 Å². The maximum Gasteiger partial charge on any atom is 0.267 e. The molecule has 0 aromatic carbocycles. The van der Waals surface area contributed by atoms with E-state index in [4.69, 9.17) is 10.5 Å². The van der Waals surface area contributed by atoms with Gasteiger partial charge in [0.1, 0.15) is 17.5 Å². The van der Waals surface area contributed by atoms with E-state index in [1.165, 1.54) is 12.3 Å². The average Bonchev–Trinajstić information content (AvgIpc) is 2.53. The Balaban J connectivity index is 1.94. The lowest BCUT2D eigenvalue weighted by atomic mass is 10.1. The fourth-order valence-corrected chi connectivity index (χ4v) is 2.73. The molecule has 1 unspecified atom stereocenters. The summed E-state index contributed by atoms with van der Waals surface area (Å²) in [4.78, 5) is 29.0. The van der Waals surface area contributed by atoms with Gasteiger partial charge in [-0.15, -0.1) is 0 Å². The molecule has 7 heteroatoms. The fourth-order valence-electron chi connectivity index (χ4n) is 2.45. The minimum atomic E-state index is -0.583. The van der Waals surface area contributed by atoms with Gasteiger partial charge >= 0.3 is 0 Å². The summed E-state index contributed by atoms with van der Waals surface area (Å²) in [5, 5.41) is 0.833. The Labute approximate surface area is 138 Å². The highest BCUT2D eigenvalue weighted by atomic mass is 79.9. The van der Waals surface area contributed by atoms with Gasteiger partial charge < -0.3 is 15.4 Å². The van der Waals surface area contributed by atoms with Crippen LogP contribution >= 0.6 is 15.9 Å². The van der Waals surface area contributed by atoms with Gasteiger partial charge in [-0.05, 0) is 25.3 Å². The zero-order valence-corrected chi connectivity index (χ0v) is 13.9. The molecule has 2 amide bonds. The van der Waals surface area contributed by atoms with Gasteiger partial charge in [-0.1, -0.05) is 15.9 Å². The molecule has 0 spiro atoms. The van der Waals surface area contributed by atoms with Crippen molar-refractivity contribution in [2.45, 2.75) is 31.8 Å². The zero-order valence-electron chi connectivity index (χ0n) is 12.3. The van der Waals surface area contributed by atoms with Crippen LogP contribution in [0.15, 0.2) is 18.3 Å². The molecule has 2 rings (SSSR count). The maximum atomic E-state index is 12.1. The average molecular weight is 370 g/mol. The molecule has 2 N–H and O–H groups in total. The van der Waals surface area contributed by atoms with E-state index in [1.807, 2.05) is 4.90 Å². The molecule has 6 nitrogen and oxygen atoms in total. The number of halogens is 1. The Morgan fingerprint density at radius 3 is 3.05 bits per heavy atom. The van der Waals surface area contributed by atoms with E-state index in [9.17, 15) is 9.59 Å². The number of rotatable bonds is 6. The number of amides is 2. The SMILES string of the molecule is NC(=O)c1cc(OC2CCCN(C(=O)CCCBr)C2)ccn1. The summed E-state index contributed by atoms with van der Waals surface area (Å²) >= 11 is 3.34. The van der Waals surface area contributed by atoms with Crippen LogP contribution in [0, 0.1) is 0 Å². The normalized spacial score (nSPS) is 18.0. The second-order valence-electron chi connectivity index (χ2n) is 5.26. The summed E-state index contributed by atoms with van der Waals surface area (Å²) < 4.78 is 5.88. The third kappa shape index (κ3) is 4.69. The Morgan fingerprint density at radius 1 is 1.50 bits per heavy atom. The number of ether oxygens (including phenoxy) is 1. The van der Waals surface area contributed by atoms with E-state index in [2.05, 4.69) is 20.9 Å². The van der Waals surface area contributed by atoms with Crippen molar-refractivity contribution >= 4 is 27.7 Å². The summed E-state index contributed by atoms with van der Waals surface area (Å²) in [6, 6.07) is 3.23. The maximum absolute atomic E-state index is 12.1. The van der Waals surface area contributed by atoms with Gasteiger partial charge in [-0.25, -0.2) is 0 Å². The lowest BCUT2D eigenvalue weighted by Crippen LogP contribution is -2.44. The number of aromatic nitrogens is 1. The minimum absolute atomic E-state index is 0.0650. The number of nitrogens with two attached hydrogens (primary N) is 1. The smallest absolute Gasteiger partial charge is 0.267 e. The molecule has 1 fully saturated rings. The van der Waals surface area contributed by atoms with Crippen LogP contribution in [0.1, 0.15) is 36.2 Å². The van der Waals surface area contributed by atoms with Crippen LogP contribution in [0.2, 0.25) is 0 Å². The van der Waals surface area contributed by atoms with Gasteiger partial charge in [0.05, 0.1) is 6.54 Å². The highest BCUT2D eigenvalue weighted by Crippen LogP contribution is 2.19. The third-order valence-electron chi connectivity index (χ3n) is 3.54. The topological polar surface area (TPSA) is 85.5 Å². The lowest BCUT2D eigenvalue weighted by Gasteiger charge is -2.33. The zero-order chi connectivity index (χ0) is 15.9. The van der Waals surface area contributed by atoms with E-state index >= 15 is 0 Å². The quantitative estimate of drug-likeness (QED) is 0.773.